The zero-order chi connectivity index (χ0) is 14.0. The Morgan fingerprint density at radius 2 is 2.11 bits per heavy atom. The molecule has 0 spiro atoms. The number of anilines is 1. The molecule has 1 aromatic carbocycles. The molecule has 102 valence electrons. The minimum absolute atomic E-state index is 0.221. The monoisotopic (exact) mass is 281 g/mol. The van der Waals surface area contributed by atoms with E-state index in [4.69, 9.17) is 26.6 Å². The molecule has 0 bridgehead atoms. The van der Waals surface area contributed by atoms with Crippen LogP contribution >= 0.6 is 11.6 Å². The number of ether oxygens (including phenoxy) is 1. The van der Waals surface area contributed by atoms with E-state index in [2.05, 4.69) is 10.1 Å². The van der Waals surface area contributed by atoms with E-state index in [1.807, 2.05) is 13.8 Å². The van der Waals surface area contributed by atoms with Gasteiger partial charge in [0, 0.05) is 12.8 Å². The molecule has 2 N–H and O–H groups in total. The first-order valence-electron chi connectivity index (χ1n) is 5.95. The average molecular weight is 282 g/mol. The molecule has 0 aliphatic heterocycles. The van der Waals surface area contributed by atoms with Gasteiger partial charge in [-0.15, -0.1) is 0 Å². The molecule has 2 rings (SSSR count). The smallest absolute Gasteiger partial charge is 0.261 e. The summed E-state index contributed by atoms with van der Waals surface area (Å²) < 4.78 is 10.6. The van der Waals surface area contributed by atoms with E-state index in [0.29, 0.717) is 28.0 Å². The van der Waals surface area contributed by atoms with E-state index in [-0.39, 0.29) is 12.0 Å². The zero-order valence-electron chi connectivity index (χ0n) is 11.1. The molecule has 0 saturated heterocycles. The quantitative estimate of drug-likeness (QED) is 0.870. The molecule has 0 saturated carbocycles. The highest BCUT2D eigenvalue weighted by atomic mass is 35.5. The number of nitrogens with two attached hydrogens (primary N) is 1. The van der Waals surface area contributed by atoms with Gasteiger partial charge in [-0.3, -0.25) is 0 Å². The summed E-state index contributed by atoms with van der Waals surface area (Å²) in [6.45, 7) is 4.04. The van der Waals surface area contributed by atoms with Crippen molar-refractivity contribution in [2.75, 3.05) is 12.8 Å². The zero-order valence-corrected chi connectivity index (χ0v) is 11.8. The number of nitrogen functional groups attached to an aromatic ring is 1. The summed E-state index contributed by atoms with van der Waals surface area (Å²) in [5, 5.41) is 4.42. The molecule has 6 heteroatoms. The highest BCUT2D eigenvalue weighted by Crippen LogP contribution is 2.33. The van der Waals surface area contributed by atoms with Crippen LogP contribution in [0.2, 0.25) is 5.02 Å². The molecular weight excluding hydrogens is 266 g/mol. The van der Waals surface area contributed by atoms with Gasteiger partial charge in [-0.1, -0.05) is 36.7 Å². The summed E-state index contributed by atoms with van der Waals surface area (Å²) in [6, 6.07) is 5.24. The highest BCUT2D eigenvalue weighted by Gasteiger charge is 2.23. The van der Waals surface area contributed by atoms with Crippen LogP contribution in [0.5, 0.6) is 0 Å². The summed E-state index contributed by atoms with van der Waals surface area (Å²) in [5.41, 5.74) is 6.95. The number of rotatable bonds is 4. The van der Waals surface area contributed by atoms with E-state index in [0.717, 1.165) is 0 Å². The number of methoxy groups -OCH3 is 1. The lowest BCUT2D eigenvalue weighted by atomic mass is 10.1. The molecule has 1 unspecified atom stereocenters. The van der Waals surface area contributed by atoms with Crippen molar-refractivity contribution in [3.05, 3.63) is 29.0 Å². The average Bonchev–Trinajstić information content (AvgIpc) is 2.78. The Morgan fingerprint density at radius 3 is 2.68 bits per heavy atom. The lowest BCUT2D eigenvalue weighted by Gasteiger charge is -2.14. The second kappa shape index (κ2) is 5.59. The van der Waals surface area contributed by atoms with E-state index in [9.17, 15) is 0 Å². The van der Waals surface area contributed by atoms with Crippen LogP contribution < -0.4 is 5.73 Å². The van der Waals surface area contributed by atoms with E-state index in [1.54, 1.807) is 25.3 Å². The second-order valence-electron chi connectivity index (χ2n) is 4.56. The third-order valence-corrected chi connectivity index (χ3v) is 3.13. The number of nitrogens with zero attached hydrogens (tertiary/aromatic N) is 2. The van der Waals surface area contributed by atoms with E-state index in [1.165, 1.54) is 0 Å². The summed E-state index contributed by atoms with van der Waals surface area (Å²) >= 11 is 6.11. The summed E-state index contributed by atoms with van der Waals surface area (Å²) in [4.78, 5) is 4.33. The minimum atomic E-state index is -0.221. The van der Waals surface area contributed by atoms with Crippen molar-refractivity contribution < 1.29 is 9.26 Å². The number of hydrogen-bond donors (Lipinski definition) is 1. The van der Waals surface area contributed by atoms with E-state index < -0.39 is 0 Å². The maximum atomic E-state index is 6.11. The Balaban J connectivity index is 2.41. The fraction of sp³-hybridized carbons (Fsp3) is 0.385. The predicted octanol–water partition coefficient (Wildman–Crippen LogP) is 3.32. The van der Waals surface area contributed by atoms with Gasteiger partial charge in [0.25, 0.3) is 5.89 Å². The van der Waals surface area contributed by atoms with Gasteiger partial charge in [-0.2, -0.15) is 4.98 Å². The highest BCUT2D eigenvalue weighted by molar-refractivity contribution is 6.33. The number of aromatic nitrogens is 2. The molecular formula is C13H16ClN3O2. The van der Waals surface area contributed by atoms with Gasteiger partial charge in [-0.05, 0) is 18.1 Å². The van der Waals surface area contributed by atoms with Crippen LogP contribution in [0.25, 0.3) is 11.5 Å². The molecule has 0 radical (unpaired) electrons. The maximum Gasteiger partial charge on any atom is 0.261 e. The van der Waals surface area contributed by atoms with Crippen molar-refractivity contribution in [2.24, 2.45) is 5.92 Å². The van der Waals surface area contributed by atoms with Crippen molar-refractivity contribution in [3.63, 3.8) is 0 Å². The Kier molecular flexibility index (Phi) is 4.07. The normalized spacial score (nSPS) is 12.9. The molecule has 0 amide bonds. The number of hydrogen-bond acceptors (Lipinski definition) is 5. The first kappa shape index (κ1) is 13.8. The minimum Gasteiger partial charge on any atom is -0.398 e. The number of benzene rings is 1. The molecule has 2 aromatic rings. The van der Waals surface area contributed by atoms with Crippen LogP contribution in [-0.2, 0) is 4.74 Å². The first-order valence-corrected chi connectivity index (χ1v) is 6.33. The van der Waals surface area contributed by atoms with Crippen LogP contribution in [0.1, 0.15) is 25.8 Å². The number of halogens is 1. The standard InChI is InChI=1S/C13H16ClN3O2/c1-7(2)11(18-3)12-16-13(19-17-12)10-8(14)5-4-6-9(10)15/h4-7,11H,15H2,1-3H3. The van der Waals surface area contributed by atoms with Crippen molar-refractivity contribution in [3.8, 4) is 11.5 Å². The van der Waals surface area contributed by atoms with Crippen molar-refractivity contribution in [1.82, 2.24) is 10.1 Å². The van der Waals surface area contributed by atoms with Crippen LogP contribution in [0.15, 0.2) is 22.7 Å². The van der Waals surface area contributed by atoms with Gasteiger partial charge >= 0.3 is 0 Å². The van der Waals surface area contributed by atoms with Crippen LogP contribution in [0.3, 0.4) is 0 Å². The summed E-state index contributed by atoms with van der Waals surface area (Å²) in [5.74, 6) is 1.03. The third kappa shape index (κ3) is 2.72. The van der Waals surface area contributed by atoms with Gasteiger partial charge in [0.15, 0.2) is 0 Å². The van der Waals surface area contributed by atoms with Gasteiger partial charge in [0.05, 0.1) is 10.6 Å². The van der Waals surface area contributed by atoms with Crippen LogP contribution in [0.4, 0.5) is 5.69 Å². The lowest BCUT2D eigenvalue weighted by molar-refractivity contribution is 0.0556. The second-order valence-corrected chi connectivity index (χ2v) is 4.97. The van der Waals surface area contributed by atoms with Crippen LogP contribution in [0, 0.1) is 5.92 Å². The fourth-order valence-electron chi connectivity index (χ4n) is 1.89. The van der Waals surface area contributed by atoms with Crippen molar-refractivity contribution >= 4 is 17.3 Å². The fourth-order valence-corrected chi connectivity index (χ4v) is 2.16. The van der Waals surface area contributed by atoms with E-state index >= 15 is 0 Å². The van der Waals surface area contributed by atoms with Gasteiger partial charge < -0.3 is 15.0 Å². The summed E-state index contributed by atoms with van der Waals surface area (Å²) in [6.07, 6.45) is -0.221. The first-order chi connectivity index (χ1) is 9.04. The Labute approximate surface area is 116 Å². The predicted molar refractivity (Wildman–Crippen MR) is 73.7 cm³/mol. The molecule has 0 aliphatic carbocycles. The molecule has 1 heterocycles. The van der Waals surface area contributed by atoms with Gasteiger partial charge in [0.1, 0.15) is 6.10 Å². The Bertz CT molecular complexity index is 549. The van der Waals surface area contributed by atoms with Gasteiger partial charge in [0.2, 0.25) is 5.82 Å². The molecule has 1 atom stereocenters. The Hall–Kier alpha value is -1.59. The van der Waals surface area contributed by atoms with Gasteiger partial charge in [-0.25, -0.2) is 0 Å². The van der Waals surface area contributed by atoms with Crippen LogP contribution in [-0.4, -0.2) is 17.3 Å². The molecule has 5 nitrogen and oxygen atoms in total. The topological polar surface area (TPSA) is 74.2 Å². The molecule has 19 heavy (non-hydrogen) atoms. The maximum absolute atomic E-state index is 6.11. The van der Waals surface area contributed by atoms with Crippen molar-refractivity contribution in [1.29, 1.82) is 0 Å². The SMILES string of the molecule is COC(c1noc(-c2c(N)cccc2Cl)n1)C(C)C. The molecule has 0 fully saturated rings. The third-order valence-electron chi connectivity index (χ3n) is 2.82. The largest absolute Gasteiger partial charge is 0.398 e. The molecule has 0 aliphatic rings. The Morgan fingerprint density at radius 1 is 1.37 bits per heavy atom. The van der Waals surface area contributed by atoms with Crippen molar-refractivity contribution in [2.45, 2.75) is 20.0 Å². The summed E-state index contributed by atoms with van der Waals surface area (Å²) in [7, 11) is 1.62. The lowest BCUT2D eigenvalue weighted by Crippen LogP contribution is -2.10. The molecule has 1 aromatic heterocycles.